The van der Waals surface area contributed by atoms with Gasteiger partial charge < -0.3 is 9.64 Å². The van der Waals surface area contributed by atoms with E-state index in [1.54, 1.807) is 7.11 Å². The number of hydrogen-bond acceptors (Lipinski definition) is 2. The molecule has 168 valence electrons. The van der Waals surface area contributed by atoms with E-state index in [1.165, 1.54) is 33.4 Å². The fraction of sp³-hybridized carbons (Fsp3) is 0.125. The van der Waals surface area contributed by atoms with E-state index in [2.05, 4.69) is 111 Å². The van der Waals surface area contributed by atoms with Crippen molar-refractivity contribution < 1.29 is 4.74 Å². The number of fused-ring (bicyclic) bond motifs is 1. The average molecular weight is 444 g/mol. The van der Waals surface area contributed by atoms with Crippen molar-refractivity contribution >= 4 is 22.7 Å². The number of nitrogens with zero attached hydrogens (tertiary/aromatic N) is 1. The van der Waals surface area contributed by atoms with Crippen LogP contribution in [0.25, 0.3) is 17.0 Å². The molecule has 1 aliphatic rings. The van der Waals surface area contributed by atoms with Gasteiger partial charge in [-0.2, -0.15) is 0 Å². The Hall–Kier alpha value is -4.04. The Morgan fingerprint density at radius 1 is 0.618 bits per heavy atom. The lowest BCUT2D eigenvalue weighted by atomic mass is 9.83. The van der Waals surface area contributed by atoms with E-state index in [4.69, 9.17) is 4.74 Å². The zero-order valence-corrected chi connectivity index (χ0v) is 20.2. The maximum absolute atomic E-state index is 5.43. The molecule has 0 bridgehead atoms. The van der Waals surface area contributed by atoms with Gasteiger partial charge in [0, 0.05) is 22.5 Å². The molecule has 0 aromatic heterocycles. The second-order valence-corrected chi connectivity index (χ2v) is 8.98. The van der Waals surface area contributed by atoms with E-state index in [-0.39, 0.29) is 0 Å². The normalized spacial score (nSPS) is 13.2. The number of anilines is 1. The second kappa shape index (κ2) is 8.72. The molecule has 0 saturated heterocycles. The molecule has 4 aromatic carbocycles. The molecule has 0 unspecified atom stereocenters. The summed E-state index contributed by atoms with van der Waals surface area (Å²) in [5, 5.41) is 0. The van der Waals surface area contributed by atoms with Gasteiger partial charge in [0.05, 0.1) is 12.8 Å². The van der Waals surface area contributed by atoms with Crippen LogP contribution in [0.1, 0.15) is 38.9 Å². The fourth-order valence-corrected chi connectivity index (χ4v) is 4.62. The summed E-state index contributed by atoms with van der Waals surface area (Å²) >= 11 is 0. The van der Waals surface area contributed by atoms with E-state index >= 15 is 0 Å². The molecule has 0 aliphatic carbocycles. The Morgan fingerprint density at radius 2 is 1.18 bits per heavy atom. The summed E-state index contributed by atoms with van der Waals surface area (Å²) in [5.41, 5.74) is 12.8. The minimum absolute atomic E-state index is 0.835. The second-order valence-electron chi connectivity index (χ2n) is 8.98. The van der Waals surface area contributed by atoms with Gasteiger partial charge in [-0.3, -0.25) is 0 Å². The van der Waals surface area contributed by atoms with Gasteiger partial charge in [0.15, 0.2) is 0 Å². The van der Waals surface area contributed by atoms with Gasteiger partial charge in [0.25, 0.3) is 0 Å². The molecule has 0 radical (unpaired) electrons. The number of ether oxygens (including phenoxy) is 1. The van der Waals surface area contributed by atoms with Crippen LogP contribution in [-0.2, 0) is 0 Å². The predicted octanol–water partition coefficient (Wildman–Crippen LogP) is 8.03. The molecule has 0 fully saturated rings. The highest BCUT2D eigenvalue weighted by atomic mass is 16.5. The molecular weight excluding hydrogens is 414 g/mol. The van der Waals surface area contributed by atoms with Crippen molar-refractivity contribution in [2.24, 2.45) is 0 Å². The predicted molar refractivity (Wildman–Crippen MR) is 144 cm³/mol. The van der Waals surface area contributed by atoms with Gasteiger partial charge >= 0.3 is 0 Å². The van der Waals surface area contributed by atoms with Gasteiger partial charge in [-0.15, -0.1) is 0 Å². The molecule has 4 aromatic rings. The smallest absolute Gasteiger partial charge is 0.119 e. The summed E-state index contributed by atoms with van der Waals surface area (Å²) in [7, 11) is 1.69. The van der Waals surface area contributed by atoms with Crippen molar-refractivity contribution in [3.05, 3.63) is 137 Å². The maximum atomic E-state index is 5.43. The van der Waals surface area contributed by atoms with Gasteiger partial charge in [0.2, 0.25) is 0 Å². The number of benzene rings is 4. The third-order valence-corrected chi connectivity index (χ3v) is 6.48. The van der Waals surface area contributed by atoms with Crippen LogP contribution < -0.4 is 9.64 Å². The lowest BCUT2D eigenvalue weighted by Gasteiger charge is -2.37. The summed E-state index contributed by atoms with van der Waals surface area (Å²) in [6.07, 6.45) is 0. The lowest BCUT2D eigenvalue weighted by Crippen LogP contribution is -2.25. The Labute approximate surface area is 202 Å². The maximum Gasteiger partial charge on any atom is 0.119 e. The van der Waals surface area contributed by atoms with Crippen LogP contribution in [0.2, 0.25) is 0 Å². The molecule has 34 heavy (non-hydrogen) atoms. The van der Waals surface area contributed by atoms with Gasteiger partial charge in [-0.05, 0) is 61.7 Å². The van der Waals surface area contributed by atoms with E-state index in [0.29, 0.717) is 0 Å². The number of aryl methyl sites for hydroxylation is 3. The molecule has 0 saturated carbocycles. The lowest BCUT2D eigenvalue weighted by molar-refractivity contribution is 0.415. The van der Waals surface area contributed by atoms with Crippen molar-refractivity contribution in [1.29, 1.82) is 0 Å². The molecule has 0 N–H and O–H groups in total. The van der Waals surface area contributed by atoms with Crippen molar-refractivity contribution in [3.8, 4) is 5.75 Å². The van der Waals surface area contributed by atoms with E-state index in [9.17, 15) is 0 Å². The van der Waals surface area contributed by atoms with Crippen LogP contribution in [0.15, 0.2) is 97.6 Å². The van der Waals surface area contributed by atoms with Crippen LogP contribution in [0.4, 0.5) is 5.69 Å². The van der Waals surface area contributed by atoms with Gasteiger partial charge in [-0.1, -0.05) is 90.0 Å². The minimum atomic E-state index is 0.835. The molecule has 0 spiro atoms. The highest BCUT2D eigenvalue weighted by molar-refractivity contribution is 6.14. The standard InChI is InChI=1S/C32H29NO/c1-21-6-11-25(12-7-21)31-30-20-23(3)10-19-29(30)24(4)33(27-15-17-28(34-5)18-16-27)32(31)26-13-8-22(2)9-14-26/h6-20H,4H2,1-3,5H3. The first-order chi connectivity index (χ1) is 16.5. The largest absolute Gasteiger partial charge is 0.497 e. The van der Waals surface area contributed by atoms with Gasteiger partial charge in [-0.25, -0.2) is 0 Å². The highest BCUT2D eigenvalue weighted by Gasteiger charge is 2.31. The number of rotatable bonds is 4. The zero-order valence-electron chi connectivity index (χ0n) is 20.2. The average Bonchev–Trinajstić information content (AvgIpc) is 2.85. The van der Waals surface area contributed by atoms with E-state index in [0.717, 1.165) is 34.0 Å². The Balaban J connectivity index is 1.87. The third kappa shape index (κ3) is 3.82. The summed E-state index contributed by atoms with van der Waals surface area (Å²) < 4.78 is 5.43. The summed E-state index contributed by atoms with van der Waals surface area (Å²) in [4.78, 5) is 2.29. The molecule has 0 atom stereocenters. The third-order valence-electron chi connectivity index (χ3n) is 6.48. The van der Waals surface area contributed by atoms with Crippen LogP contribution in [0.5, 0.6) is 5.75 Å². The molecular formula is C32H29NO. The quantitative estimate of drug-likeness (QED) is 0.316. The fourth-order valence-electron chi connectivity index (χ4n) is 4.62. The van der Waals surface area contributed by atoms with Crippen LogP contribution in [-0.4, -0.2) is 7.11 Å². The van der Waals surface area contributed by atoms with E-state index in [1.807, 2.05) is 12.1 Å². The molecule has 0 amide bonds. The summed E-state index contributed by atoms with van der Waals surface area (Å²) in [6, 6.07) is 32.5. The molecule has 1 aliphatic heterocycles. The minimum Gasteiger partial charge on any atom is -0.497 e. The van der Waals surface area contributed by atoms with E-state index < -0.39 is 0 Å². The first kappa shape index (κ1) is 21.8. The SMILES string of the molecule is C=C1c2ccc(C)cc2C(c2ccc(C)cc2)=C(c2ccc(C)cc2)N1c1ccc(OC)cc1. The first-order valence-corrected chi connectivity index (χ1v) is 11.6. The topological polar surface area (TPSA) is 12.5 Å². The van der Waals surface area contributed by atoms with Crippen molar-refractivity contribution in [3.63, 3.8) is 0 Å². The molecule has 2 nitrogen and oxygen atoms in total. The zero-order chi connectivity index (χ0) is 23.8. The summed E-state index contributed by atoms with van der Waals surface area (Å²) in [5.74, 6) is 0.835. The molecule has 5 rings (SSSR count). The number of hydrogen-bond donors (Lipinski definition) is 0. The van der Waals surface area contributed by atoms with Crippen molar-refractivity contribution in [1.82, 2.24) is 0 Å². The first-order valence-electron chi connectivity index (χ1n) is 11.6. The highest BCUT2D eigenvalue weighted by Crippen LogP contribution is 2.47. The Bertz CT molecular complexity index is 1390. The van der Waals surface area contributed by atoms with Crippen LogP contribution in [0.3, 0.4) is 0 Å². The molecule has 1 heterocycles. The van der Waals surface area contributed by atoms with Crippen LogP contribution in [0, 0.1) is 20.8 Å². The Morgan fingerprint density at radius 3 is 1.76 bits per heavy atom. The van der Waals surface area contributed by atoms with Crippen LogP contribution >= 0.6 is 0 Å². The Kier molecular flexibility index (Phi) is 5.59. The molecule has 2 heteroatoms. The monoisotopic (exact) mass is 443 g/mol. The van der Waals surface area contributed by atoms with Gasteiger partial charge in [0.1, 0.15) is 5.75 Å². The van der Waals surface area contributed by atoms with Crippen molar-refractivity contribution in [2.75, 3.05) is 12.0 Å². The number of methoxy groups -OCH3 is 1. The summed E-state index contributed by atoms with van der Waals surface area (Å²) in [6.45, 7) is 11.0. The van der Waals surface area contributed by atoms with Crippen molar-refractivity contribution in [2.45, 2.75) is 20.8 Å².